The molecule has 2 rings (SSSR count). The smallest absolute Gasteiger partial charge is 0.119 e. The van der Waals surface area contributed by atoms with Crippen molar-refractivity contribution in [3.8, 4) is 5.75 Å². The summed E-state index contributed by atoms with van der Waals surface area (Å²) in [6.45, 7) is 6.94. The number of benzene rings is 1. The molecule has 1 fully saturated rings. The second-order valence-corrected chi connectivity index (χ2v) is 5.20. The van der Waals surface area contributed by atoms with E-state index in [-0.39, 0.29) is 6.10 Å². The molecular formula is C15H24N2O2. The van der Waals surface area contributed by atoms with Gasteiger partial charge in [-0.15, -0.1) is 0 Å². The lowest BCUT2D eigenvalue weighted by molar-refractivity contribution is -0.0591. The molecule has 2 atom stereocenters. The summed E-state index contributed by atoms with van der Waals surface area (Å²) in [4.78, 5) is 2.46. The Hall–Kier alpha value is -1.26. The van der Waals surface area contributed by atoms with Crippen LogP contribution < -0.4 is 10.5 Å². The first-order valence-electron chi connectivity index (χ1n) is 6.92. The van der Waals surface area contributed by atoms with E-state index in [1.54, 1.807) is 7.11 Å². The van der Waals surface area contributed by atoms with Gasteiger partial charge in [0.1, 0.15) is 5.75 Å². The number of rotatable bonds is 4. The molecule has 4 heteroatoms. The summed E-state index contributed by atoms with van der Waals surface area (Å²) in [6.07, 6.45) is 1.38. The summed E-state index contributed by atoms with van der Waals surface area (Å²) in [6, 6.07) is 6.32. The zero-order valence-corrected chi connectivity index (χ0v) is 12.1. The molecule has 4 nitrogen and oxygen atoms in total. The van der Waals surface area contributed by atoms with Gasteiger partial charge < -0.3 is 15.2 Å². The van der Waals surface area contributed by atoms with Gasteiger partial charge in [-0.05, 0) is 37.1 Å². The zero-order valence-electron chi connectivity index (χ0n) is 12.1. The maximum absolute atomic E-state index is 6.07. The highest BCUT2D eigenvalue weighted by Gasteiger charge is 2.25. The van der Waals surface area contributed by atoms with E-state index in [1.807, 2.05) is 18.2 Å². The van der Waals surface area contributed by atoms with Gasteiger partial charge in [-0.3, -0.25) is 4.90 Å². The number of nitrogens with zero attached hydrogens (tertiary/aromatic N) is 1. The monoisotopic (exact) mass is 264 g/mol. The maximum Gasteiger partial charge on any atom is 0.119 e. The highest BCUT2D eigenvalue weighted by molar-refractivity contribution is 5.50. The Bertz CT molecular complexity index is 423. The highest BCUT2D eigenvalue weighted by Crippen LogP contribution is 2.24. The van der Waals surface area contributed by atoms with Crippen LogP contribution in [-0.2, 0) is 11.3 Å². The van der Waals surface area contributed by atoms with Crippen LogP contribution in [0.2, 0.25) is 0 Å². The van der Waals surface area contributed by atoms with Crippen molar-refractivity contribution in [3.05, 3.63) is 23.8 Å². The molecule has 2 unspecified atom stereocenters. The molecule has 0 saturated carbocycles. The molecule has 0 aliphatic carbocycles. The van der Waals surface area contributed by atoms with Crippen molar-refractivity contribution in [2.45, 2.75) is 39.0 Å². The van der Waals surface area contributed by atoms with Crippen LogP contribution in [0.3, 0.4) is 0 Å². The number of methoxy groups -OCH3 is 1. The van der Waals surface area contributed by atoms with Crippen molar-refractivity contribution in [1.82, 2.24) is 4.90 Å². The Morgan fingerprint density at radius 2 is 2.26 bits per heavy atom. The van der Waals surface area contributed by atoms with Crippen LogP contribution in [0.15, 0.2) is 18.2 Å². The first-order valence-corrected chi connectivity index (χ1v) is 6.92. The predicted octanol–water partition coefficient (Wildman–Crippen LogP) is 2.28. The average molecular weight is 264 g/mol. The normalized spacial score (nSPS) is 24.4. The number of nitrogens with two attached hydrogens (primary N) is 1. The van der Waals surface area contributed by atoms with E-state index in [4.69, 9.17) is 15.2 Å². The van der Waals surface area contributed by atoms with Crippen LogP contribution in [-0.4, -0.2) is 37.3 Å². The van der Waals surface area contributed by atoms with Crippen molar-refractivity contribution < 1.29 is 9.47 Å². The molecule has 19 heavy (non-hydrogen) atoms. The van der Waals surface area contributed by atoms with Crippen molar-refractivity contribution in [1.29, 1.82) is 0 Å². The fraction of sp³-hybridized carbons (Fsp3) is 0.600. The van der Waals surface area contributed by atoms with Crippen LogP contribution in [0.5, 0.6) is 5.75 Å². The van der Waals surface area contributed by atoms with E-state index < -0.39 is 0 Å². The topological polar surface area (TPSA) is 47.7 Å². The lowest BCUT2D eigenvalue weighted by Gasteiger charge is -2.38. The van der Waals surface area contributed by atoms with Gasteiger partial charge in [-0.2, -0.15) is 0 Å². The molecule has 106 valence electrons. The molecule has 0 amide bonds. The van der Waals surface area contributed by atoms with Crippen LogP contribution >= 0.6 is 0 Å². The first kappa shape index (κ1) is 14.2. The van der Waals surface area contributed by atoms with Gasteiger partial charge >= 0.3 is 0 Å². The number of hydrogen-bond donors (Lipinski definition) is 1. The number of nitrogen functional groups attached to an aromatic ring is 1. The van der Waals surface area contributed by atoms with Crippen molar-refractivity contribution >= 4 is 5.69 Å². The maximum atomic E-state index is 6.07. The standard InChI is InChI=1S/C15H24N2O2/c1-4-13-10-19-11(2)8-17(13)9-12-7-14(18-3)5-6-15(12)16/h5-7,11,13H,4,8-10,16H2,1-3H3. The van der Waals surface area contributed by atoms with Gasteiger partial charge in [-0.25, -0.2) is 0 Å². The average Bonchev–Trinajstić information content (AvgIpc) is 2.41. The third-order valence-corrected chi connectivity index (χ3v) is 3.78. The number of hydrogen-bond acceptors (Lipinski definition) is 4. The van der Waals surface area contributed by atoms with Gasteiger partial charge in [-0.1, -0.05) is 6.92 Å². The molecule has 0 aromatic heterocycles. The van der Waals surface area contributed by atoms with Gasteiger partial charge in [0.2, 0.25) is 0 Å². The van der Waals surface area contributed by atoms with E-state index in [0.29, 0.717) is 6.04 Å². The highest BCUT2D eigenvalue weighted by atomic mass is 16.5. The van der Waals surface area contributed by atoms with Crippen molar-refractivity contribution in [3.63, 3.8) is 0 Å². The Morgan fingerprint density at radius 3 is 2.95 bits per heavy atom. The first-order chi connectivity index (χ1) is 9.13. The van der Waals surface area contributed by atoms with Crippen LogP contribution in [0.1, 0.15) is 25.8 Å². The van der Waals surface area contributed by atoms with E-state index in [0.717, 1.165) is 43.1 Å². The molecule has 2 N–H and O–H groups in total. The van der Waals surface area contributed by atoms with Crippen LogP contribution in [0.4, 0.5) is 5.69 Å². The van der Waals surface area contributed by atoms with Crippen LogP contribution in [0, 0.1) is 0 Å². The molecule has 0 radical (unpaired) electrons. The number of anilines is 1. The van der Waals surface area contributed by atoms with E-state index in [1.165, 1.54) is 0 Å². The Kier molecular flexibility index (Phi) is 4.66. The summed E-state index contributed by atoms with van der Waals surface area (Å²) >= 11 is 0. The lowest BCUT2D eigenvalue weighted by Crippen LogP contribution is -2.47. The molecule has 1 aromatic rings. The Labute approximate surface area is 115 Å². The van der Waals surface area contributed by atoms with Crippen LogP contribution in [0.25, 0.3) is 0 Å². The second-order valence-electron chi connectivity index (χ2n) is 5.20. The second kappa shape index (κ2) is 6.26. The van der Waals surface area contributed by atoms with Gasteiger partial charge in [0, 0.05) is 24.8 Å². The van der Waals surface area contributed by atoms with Gasteiger partial charge in [0.05, 0.1) is 19.8 Å². The molecule has 0 bridgehead atoms. The molecule has 1 saturated heterocycles. The number of morpholine rings is 1. The zero-order chi connectivity index (χ0) is 13.8. The summed E-state index contributed by atoms with van der Waals surface area (Å²) in [5, 5.41) is 0. The lowest BCUT2D eigenvalue weighted by atomic mass is 10.1. The largest absolute Gasteiger partial charge is 0.497 e. The van der Waals surface area contributed by atoms with Gasteiger partial charge in [0.25, 0.3) is 0 Å². The fourth-order valence-corrected chi connectivity index (χ4v) is 2.55. The summed E-state index contributed by atoms with van der Waals surface area (Å²) in [5.74, 6) is 0.860. The predicted molar refractivity (Wildman–Crippen MR) is 77.3 cm³/mol. The van der Waals surface area contributed by atoms with Crippen molar-refractivity contribution in [2.75, 3.05) is 26.0 Å². The van der Waals surface area contributed by atoms with Crippen molar-refractivity contribution in [2.24, 2.45) is 0 Å². The molecule has 1 heterocycles. The minimum absolute atomic E-state index is 0.287. The molecule has 1 aliphatic rings. The molecule has 1 aromatic carbocycles. The minimum atomic E-state index is 0.287. The summed E-state index contributed by atoms with van der Waals surface area (Å²) < 4.78 is 11.0. The Balaban J connectivity index is 2.14. The SMILES string of the molecule is CCC1COC(C)CN1Cc1cc(OC)ccc1N. The van der Waals surface area contributed by atoms with E-state index in [9.17, 15) is 0 Å². The van der Waals surface area contributed by atoms with E-state index in [2.05, 4.69) is 18.7 Å². The third kappa shape index (κ3) is 3.39. The molecule has 0 spiro atoms. The summed E-state index contributed by atoms with van der Waals surface area (Å²) in [5.41, 5.74) is 8.03. The quantitative estimate of drug-likeness (QED) is 0.848. The molecule has 1 aliphatic heterocycles. The van der Waals surface area contributed by atoms with Gasteiger partial charge in [0.15, 0.2) is 0 Å². The fourth-order valence-electron chi connectivity index (χ4n) is 2.55. The number of ether oxygens (including phenoxy) is 2. The summed E-state index contributed by atoms with van der Waals surface area (Å²) in [7, 11) is 1.68. The minimum Gasteiger partial charge on any atom is -0.497 e. The molecular weight excluding hydrogens is 240 g/mol. The Morgan fingerprint density at radius 1 is 1.47 bits per heavy atom. The van der Waals surface area contributed by atoms with E-state index >= 15 is 0 Å². The third-order valence-electron chi connectivity index (χ3n) is 3.78.